The molecule has 1 aliphatic carbocycles. The van der Waals surface area contributed by atoms with Gasteiger partial charge in [0.15, 0.2) is 11.5 Å². The van der Waals surface area contributed by atoms with Gasteiger partial charge in [0.25, 0.3) is 0 Å². The van der Waals surface area contributed by atoms with Gasteiger partial charge in [-0.15, -0.1) is 11.8 Å². The van der Waals surface area contributed by atoms with Gasteiger partial charge in [0.1, 0.15) is 0 Å². The number of nitrogens with zero attached hydrogens (tertiary/aromatic N) is 1. The van der Waals surface area contributed by atoms with E-state index in [0.717, 1.165) is 29.1 Å². The van der Waals surface area contributed by atoms with Crippen LogP contribution >= 0.6 is 35.1 Å². The average Bonchev–Trinajstić information content (AvgIpc) is 3.25. The fraction of sp³-hybridized carbons (Fsp3) is 0.375. The van der Waals surface area contributed by atoms with E-state index in [-0.39, 0.29) is 5.78 Å². The maximum atomic E-state index is 12.9. The fourth-order valence-electron chi connectivity index (χ4n) is 2.46. The number of halogens is 1. The molecule has 116 valence electrons. The van der Waals surface area contributed by atoms with Crippen molar-refractivity contribution in [2.75, 3.05) is 12.5 Å². The van der Waals surface area contributed by atoms with Gasteiger partial charge >= 0.3 is 0 Å². The van der Waals surface area contributed by atoms with Crippen LogP contribution in [0.3, 0.4) is 0 Å². The van der Waals surface area contributed by atoms with Crippen LogP contribution in [0, 0.1) is 0 Å². The van der Waals surface area contributed by atoms with E-state index in [2.05, 4.69) is 5.16 Å². The summed E-state index contributed by atoms with van der Waals surface area (Å²) in [5.74, 6) is 1.75. The van der Waals surface area contributed by atoms with Crippen molar-refractivity contribution in [1.29, 1.82) is 0 Å². The van der Waals surface area contributed by atoms with Gasteiger partial charge in [-0.1, -0.05) is 16.8 Å². The Kier molecular flexibility index (Phi) is 4.85. The Morgan fingerprint density at radius 3 is 2.77 bits per heavy atom. The van der Waals surface area contributed by atoms with Crippen molar-refractivity contribution in [3.05, 3.63) is 45.8 Å². The normalized spacial score (nSPS) is 14.3. The fourth-order valence-corrected chi connectivity index (χ4v) is 4.10. The zero-order valence-corrected chi connectivity index (χ0v) is 14.8. The third-order valence-corrected chi connectivity index (χ3v) is 5.65. The molecular weight excluding hydrogens is 338 g/mol. The Labute approximate surface area is 143 Å². The van der Waals surface area contributed by atoms with E-state index in [4.69, 9.17) is 16.1 Å². The molecule has 6 heteroatoms. The number of hydrogen-bond acceptors (Lipinski definition) is 5. The number of thioether (sulfide) groups is 2. The third kappa shape index (κ3) is 2.94. The number of benzene rings is 1. The van der Waals surface area contributed by atoms with Crippen molar-refractivity contribution in [3.63, 3.8) is 0 Å². The predicted molar refractivity (Wildman–Crippen MR) is 92.4 cm³/mol. The Hall–Kier alpha value is -0.910. The summed E-state index contributed by atoms with van der Waals surface area (Å²) in [5.41, 5.74) is 2.13. The predicted octanol–water partition coefficient (Wildman–Crippen LogP) is 5.02. The van der Waals surface area contributed by atoms with Crippen molar-refractivity contribution in [3.8, 4) is 0 Å². The summed E-state index contributed by atoms with van der Waals surface area (Å²) in [6.45, 7) is 0. The minimum Gasteiger partial charge on any atom is -0.360 e. The minimum atomic E-state index is -0.0400. The van der Waals surface area contributed by atoms with E-state index in [1.165, 1.54) is 6.20 Å². The van der Waals surface area contributed by atoms with E-state index in [0.29, 0.717) is 27.8 Å². The molecule has 0 N–H and O–H groups in total. The van der Waals surface area contributed by atoms with E-state index >= 15 is 0 Å². The molecule has 2 aromatic rings. The number of carbonyl (C=O) groups excluding carboxylic acids is 1. The van der Waals surface area contributed by atoms with Crippen LogP contribution < -0.4 is 0 Å². The van der Waals surface area contributed by atoms with Gasteiger partial charge in [0.2, 0.25) is 0 Å². The molecule has 22 heavy (non-hydrogen) atoms. The summed E-state index contributed by atoms with van der Waals surface area (Å²) in [5, 5.41) is 4.50. The second-order valence-electron chi connectivity index (χ2n) is 5.25. The number of rotatable bonds is 6. The highest BCUT2D eigenvalue weighted by Gasteiger charge is 2.33. The molecule has 0 spiro atoms. The zero-order valence-electron chi connectivity index (χ0n) is 12.4. The number of aromatic nitrogens is 1. The summed E-state index contributed by atoms with van der Waals surface area (Å²) < 4.78 is 5.29. The van der Waals surface area contributed by atoms with E-state index in [1.54, 1.807) is 23.5 Å². The molecule has 0 aliphatic heterocycles. The van der Waals surface area contributed by atoms with Crippen molar-refractivity contribution >= 4 is 40.9 Å². The maximum absolute atomic E-state index is 12.9. The number of carbonyl (C=O) groups is 1. The Balaban J connectivity index is 2.04. The standard InChI is InChI=1S/C16H16ClNO2S2/c1-21-8-12-10(5-6-13(22-2)14(12)17)15(19)11-7-18-20-16(11)9-3-4-9/h5-7,9H,3-4,8H2,1-2H3. The summed E-state index contributed by atoms with van der Waals surface area (Å²) in [7, 11) is 0. The molecule has 1 aromatic carbocycles. The lowest BCUT2D eigenvalue weighted by atomic mass is 9.98. The molecule has 0 atom stereocenters. The summed E-state index contributed by atoms with van der Waals surface area (Å²) in [4.78, 5) is 13.9. The minimum absolute atomic E-state index is 0.0400. The van der Waals surface area contributed by atoms with E-state index < -0.39 is 0 Å². The van der Waals surface area contributed by atoms with E-state index in [9.17, 15) is 4.79 Å². The summed E-state index contributed by atoms with van der Waals surface area (Å²) in [6, 6.07) is 3.78. The Morgan fingerprint density at radius 1 is 1.36 bits per heavy atom. The second-order valence-corrected chi connectivity index (χ2v) is 7.34. The highest BCUT2D eigenvalue weighted by molar-refractivity contribution is 7.98. The van der Waals surface area contributed by atoms with Gasteiger partial charge in [-0.2, -0.15) is 11.8 Å². The molecule has 0 bridgehead atoms. The van der Waals surface area contributed by atoms with Crippen LogP contribution in [0.5, 0.6) is 0 Å². The molecule has 0 amide bonds. The first-order chi connectivity index (χ1) is 10.7. The maximum Gasteiger partial charge on any atom is 0.198 e. The van der Waals surface area contributed by atoms with Crippen LogP contribution in [-0.2, 0) is 5.75 Å². The van der Waals surface area contributed by atoms with Crippen LogP contribution in [0.15, 0.2) is 27.7 Å². The Morgan fingerprint density at radius 2 is 2.14 bits per heavy atom. The van der Waals surface area contributed by atoms with Crippen molar-refractivity contribution < 1.29 is 9.32 Å². The molecule has 0 unspecified atom stereocenters. The first-order valence-corrected chi connectivity index (χ1v) is 10.0. The molecule has 3 rings (SSSR count). The first-order valence-electron chi connectivity index (χ1n) is 7.01. The van der Waals surface area contributed by atoms with Crippen LogP contribution in [0.2, 0.25) is 5.02 Å². The largest absolute Gasteiger partial charge is 0.360 e. The molecular formula is C16H16ClNO2S2. The van der Waals surface area contributed by atoms with Crippen LogP contribution in [0.25, 0.3) is 0 Å². The molecule has 1 aromatic heterocycles. The van der Waals surface area contributed by atoms with Gasteiger partial charge in [-0.25, -0.2) is 0 Å². The van der Waals surface area contributed by atoms with Crippen molar-refractivity contribution in [2.45, 2.75) is 29.4 Å². The SMILES string of the molecule is CSCc1c(C(=O)c2cnoc2C2CC2)ccc(SC)c1Cl. The van der Waals surface area contributed by atoms with Crippen LogP contribution in [0.4, 0.5) is 0 Å². The number of ketones is 1. The molecule has 3 nitrogen and oxygen atoms in total. The highest BCUT2D eigenvalue weighted by atomic mass is 35.5. The molecule has 1 aliphatic rings. The third-order valence-electron chi connectivity index (χ3n) is 3.75. The lowest BCUT2D eigenvalue weighted by molar-refractivity contribution is 0.103. The molecule has 1 saturated carbocycles. The second kappa shape index (κ2) is 6.69. The van der Waals surface area contributed by atoms with Gasteiger partial charge in [-0.3, -0.25) is 4.79 Å². The molecule has 1 heterocycles. The average molecular weight is 354 g/mol. The summed E-state index contributed by atoms with van der Waals surface area (Å²) in [6.07, 6.45) is 7.66. The highest BCUT2D eigenvalue weighted by Crippen LogP contribution is 2.42. The lowest BCUT2D eigenvalue weighted by Gasteiger charge is -2.12. The van der Waals surface area contributed by atoms with Gasteiger partial charge in [0.05, 0.1) is 16.8 Å². The van der Waals surface area contributed by atoms with Crippen molar-refractivity contribution in [2.24, 2.45) is 0 Å². The zero-order chi connectivity index (χ0) is 15.7. The van der Waals surface area contributed by atoms with Crippen LogP contribution in [0.1, 0.15) is 46.0 Å². The molecule has 0 saturated heterocycles. The quantitative estimate of drug-likeness (QED) is 0.538. The smallest absolute Gasteiger partial charge is 0.198 e. The Bertz CT molecular complexity index is 710. The van der Waals surface area contributed by atoms with Gasteiger partial charge < -0.3 is 4.52 Å². The molecule has 0 radical (unpaired) electrons. The van der Waals surface area contributed by atoms with Crippen molar-refractivity contribution in [1.82, 2.24) is 5.16 Å². The lowest BCUT2D eigenvalue weighted by Crippen LogP contribution is -2.07. The topological polar surface area (TPSA) is 43.1 Å². The number of hydrogen-bond donors (Lipinski definition) is 0. The van der Waals surface area contributed by atoms with Crippen LogP contribution in [-0.4, -0.2) is 23.5 Å². The van der Waals surface area contributed by atoms with E-state index in [1.807, 2.05) is 24.6 Å². The molecule has 1 fully saturated rings. The first kappa shape index (κ1) is 16.0. The van der Waals surface area contributed by atoms with Gasteiger partial charge in [0, 0.05) is 22.1 Å². The van der Waals surface area contributed by atoms with Gasteiger partial charge in [-0.05, 0) is 43.0 Å². The monoisotopic (exact) mass is 353 g/mol. The summed E-state index contributed by atoms with van der Waals surface area (Å²) >= 11 is 9.73.